The zero-order valence-corrected chi connectivity index (χ0v) is 9.80. The molecule has 0 radical (unpaired) electrons. The van der Waals surface area contributed by atoms with Crippen LogP contribution in [0.2, 0.25) is 0 Å². The molecule has 68 valence electrons. The second kappa shape index (κ2) is 3.84. The maximum Gasteiger partial charge on any atom is 0.0333 e. The summed E-state index contributed by atoms with van der Waals surface area (Å²) in [7, 11) is 0. The van der Waals surface area contributed by atoms with Gasteiger partial charge in [-0.25, -0.2) is 0 Å². The van der Waals surface area contributed by atoms with Crippen molar-refractivity contribution in [1.82, 2.24) is 0 Å². The number of thiophene rings is 1. The maximum atomic E-state index is 4.43. The molecule has 0 nitrogen and oxygen atoms in total. The smallest absolute Gasteiger partial charge is 0.0333 e. The molecular weight excluding hydrogens is 184 g/mol. The molecule has 0 fully saturated rings. The standard InChI is InChI=1S/C10H16S2/c1-6(2)10-7(3)5-9(12-10)8(4)11/h5-6,8,11H,1-4H3. The molecule has 0 spiro atoms. The lowest BCUT2D eigenvalue weighted by molar-refractivity contribution is 0.881. The summed E-state index contributed by atoms with van der Waals surface area (Å²) in [6.45, 7) is 8.79. The molecule has 0 aliphatic heterocycles. The van der Waals surface area contributed by atoms with Gasteiger partial charge in [0, 0.05) is 15.0 Å². The second-order valence-corrected chi connectivity index (χ2v) is 5.42. The first-order valence-electron chi connectivity index (χ1n) is 4.30. The molecule has 2 heteroatoms. The highest BCUT2D eigenvalue weighted by Gasteiger charge is 2.10. The van der Waals surface area contributed by atoms with Crippen LogP contribution in [-0.4, -0.2) is 0 Å². The molecule has 1 aromatic rings. The van der Waals surface area contributed by atoms with E-state index in [9.17, 15) is 0 Å². The molecule has 0 saturated carbocycles. The summed E-state index contributed by atoms with van der Waals surface area (Å²) in [6, 6.07) is 2.26. The van der Waals surface area contributed by atoms with Crippen molar-refractivity contribution in [2.45, 2.75) is 38.9 Å². The van der Waals surface area contributed by atoms with Gasteiger partial charge in [0.15, 0.2) is 0 Å². The lowest BCUT2D eigenvalue weighted by atomic mass is 10.1. The number of thiol groups is 1. The normalized spacial score (nSPS) is 13.8. The van der Waals surface area contributed by atoms with E-state index in [1.807, 2.05) is 11.3 Å². The fraction of sp³-hybridized carbons (Fsp3) is 0.600. The van der Waals surface area contributed by atoms with Crippen molar-refractivity contribution in [2.75, 3.05) is 0 Å². The molecule has 0 bridgehead atoms. The van der Waals surface area contributed by atoms with E-state index in [2.05, 4.69) is 46.4 Å². The largest absolute Gasteiger partial charge is 0.171 e. The molecule has 0 aliphatic rings. The first kappa shape index (κ1) is 10.1. The van der Waals surface area contributed by atoms with Gasteiger partial charge in [0.05, 0.1) is 0 Å². The van der Waals surface area contributed by atoms with Crippen LogP contribution in [0, 0.1) is 6.92 Å². The Hall–Kier alpha value is 0.0500. The van der Waals surface area contributed by atoms with Crippen LogP contribution in [-0.2, 0) is 0 Å². The van der Waals surface area contributed by atoms with E-state index >= 15 is 0 Å². The molecule has 12 heavy (non-hydrogen) atoms. The predicted octanol–water partition coefficient (Wildman–Crippen LogP) is 4.17. The number of hydrogen-bond donors (Lipinski definition) is 1. The molecule has 0 aliphatic carbocycles. The highest BCUT2D eigenvalue weighted by molar-refractivity contribution is 7.80. The summed E-state index contributed by atoms with van der Waals surface area (Å²) < 4.78 is 0. The maximum absolute atomic E-state index is 4.43. The third kappa shape index (κ3) is 2.05. The molecule has 1 atom stereocenters. The van der Waals surface area contributed by atoms with Gasteiger partial charge in [0.25, 0.3) is 0 Å². The SMILES string of the molecule is Cc1cc(C(C)S)sc1C(C)C. The first-order chi connectivity index (χ1) is 5.52. The summed E-state index contributed by atoms with van der Waals surface area (Å²) >= 11 is 6.33. The van der Waals surface area contributed by atoms with Crippen LogP contribution in [0.1, 0.15) is 47.3 Å². The Kier molecular flexibility index (Phi) is 3.24. The van der Waals surface area contributed by atoms with E-state index in [1.54, 1.807) is 0 Å². The lowest BCUT2D eigenvalue weighted by Gasteiger charge is -2.01. The van der Waals surface area contributed by atoms with Crippen LogP contribution in [0.4, 0.5) is 0 Å². The van der Waals surface area contributed by atoms with Crippen LogP contribution in [0.15, 0.2) is 6.07 Å². The van der Waals surface area contributed by atoms with Gasteiger partial charge in [-0.2, -0.15) is 12.6 Å². The summed E-state index contributed by atoms with van der Waals surface area (Å²) in [4.78, 5) is 2.89. The Morgan fingerprint density at radius 2 is 1.92 bits per heavy atom. The van der Waals surface area contributed by atoms with Gasteiger partial charge in [-0.3, -0.25) is 0 Å². The highest BCUT2D eigenvalue weighted by atomic mass is 32.1. The number of aryl methyl sites for hydroxylation is 1. The summed E-state index contributed by atoms with van der Waals surface area (Å²) in [5, 5.41) is 0.376. The van der Waals surface area contributed by atoms with Crippen LogP contribution >= 0.6 is 24.0 Å². The lowest BCUT2D eigenvalue weighted by Crippen LogP contribution is -1.82. The molecule has 0 aromatic carbocycles. The van der Waals surface area contributed by atoms with Gasteiger partial charge in [-0.15, -0.1) is 11.3 Å². The van der Waals surface area contributed by atoms with Crippen LogP contribution in [0.25, 0.3) is 0 Å². The number of rotatable bonds is 2. The van der Waals surface area contributed by atoms with E-state index in [-0.39, 0.29) is 0 Å². The molecule has 1 heterocycles. The van der Waals surface area contributed by atoms with Crippen molar-refractivity contribution in [1.29, 1.82) is 0 Å². The predicted molar refractivity (Wildman–Crippen MR) is 60.5 cm³/mol. The average Bonchev–Trinajstić information content (AvgIpc) is 2.30. The molecule has 0 amide bonds. The van der Waals surface area contributed by atoms with Crippen molar-refractivity contribution in [3.8, 4) is 0 Å². The molecular formula is C10H16S2. The Labute approximate surface area is 84.4 Å². The van der Waals surface area contributed by atoms with Gasteiger partial charge in [-0.1, -0.05) is 13.8 Å². The zero-order chi connectivity index (χ0) is 9.30. The quantitative estimate of drug-likeness (QED) is 0.681. The van der Waals surface area contributed by atoms with Gasteiger partial charge in [0.2, 0.25) is 0 Å². The third-order valence-corrected chi connectivity index (χ3v) is 4.08. The van der Waals surface area contributed by atoms with E-state index < -0.39 is 0 Å². The third-order valence-electron chi connectivity index (χ3n) is 1.91. The highest BCUT2D eigenvalue weighted by Crippen LogP contribution is 2.34. The zero-order valence-electron chi connectivity index (χ0n) is 8.09. The second-order valence-electron chi connectivity index (χ2n) is 3.53. The Balaban J connectivity index is 3.00. The van der Waals surface area contributed by atoms with Crippen LogP contribution in [0.5, 0.6) is 0 Å². The minimum atomic E-state index is 0.376. The van der Waals surface area contributed by atoms with Gasteiger partial charge in [-0.05, 0) is 31.4 Å². The summed E-state index contributed by atoms with van der Waals surface area (Å²) in [6.07, 6.45) is 0. The molecule has 1 aromatic heterocycles. The van der Waals surface area contributed by atoms with Crippen molar-refractivity contribution in [3.63, 3.8) is 0 Å². The van der Waals surface area contributed by atoms with Crippen molar-refractivity contribution < 1.29 is 0 Å². The average molecular weight is 200 g/mol. The van der Waals surface area contributed by atoms with Gasteiger partial charge >= 0.3 is 0 Å². The van der Waals surface area contributed by atoms with E-state index in [0.29, 0.717) is 11.2 Å². The Morgan fingerprint density at radius 3 is 2.17 bits per heavy atom. The minimum absolute atomic E-state index is 0.376. The Morgan fingerprint density at radius 1 is 1.33 bits per heavy atom. The van der Waals surface area contributed by atoms with Gasteiger partial charge in [0.1, 0.15) is 0 Å². The molecule has 1 unspecified atom stereocenters. The molecule has 1 rings (SSSR count). The summed E-state index contributed by atoms with van der Waals surface area (Å²) in [5.74, 6) is 0.649. The summed E-state index contributed by atoms with van der Waals surface area (Å²) in [5.41, 5.74) is 1.42. The molecule has 0 N–H and O–H groups in total. The monoisotopic (exact) mass is 200 g/mol. The van der Waals surface area contributed by atoms with Crippen molar-refractivity contribution in [3.05, 3.63) is 21.4 Å². The topological polar surface area (TPSA) is 0 Å². The first-order valence-corrected chi connectivity index (χ1v) is 5.64. The van der Waals surface area contributed by atoms with Gasteiger partial charge < -0.3 is 0 Å². The minimum Gasteiger partial charge on any atom is -0.171 e. The van der Waals surface area contributed by atoms with Crippen molar-refractivity contribution >= 4 is 24.0 Å². The fourth-order valence-electron chi connectivity index (χ4n) is 1.30. The fourth-order valence-corrected chi connectivity index (χ4v) is 2.65. The van der Waals surface area contributed by atoms with Crippen LogP contribution in [0.3, 0.4) is 0 Å². The van der Waals surface area contributed by atoms with Crippen molar-refractivity contribution in [2.24, 2.45) is 0 Å². The molecule has 0 saturated heterocycles. The van der Waals surface area contributed by atoms with E-state index in [1.165, 1.54) is 15.3 Å². The Bertz CT molecular complexity index is 259. The van der Waals surface area contributed by atoms with Crippen LogP contribution < -0.4 is 0 Å². The number of hydrogen-bond acceptors (Lipinski definition) is 2. The van der Waals surface area contributed by atoms with E-state index in [4.69, 9.17) is 0 Å². The van der Waals surface area contributed by atoms with E-state index in [0.717, 1.165) is 0 Å².